The molecule has 0 spiro atoms. The van der Waals surface area contributed by atoms with E-state index in [1.54, 1.807) is 6.92 Å². The van der Waals surface area contributed by atoms with E-state index in [0.29, 0.717) is 25.2 Å². The predicted octanol–water partition coefficient (Wildman–Crippen LogP) is 3.83. The van der Waals surface area contributed by atoms with Crippen molar-refractivity contribution in [3.8, 4) is 17.2 Å². The lowest BCUT2D eigenvalue weighted by Gasteiger charge is -2.32. The van der Waals surface area contributed by atoms with Crippen LogP contribution in [0.15, 0.2) is 36.5 Å². The normalized spacial score (nSPS) is 21.1. The fourth-order valence-electron chi connectivity index (χ4n) is 4.20. The molecule has 2 heterocycles. The van der Waals surface area contributed by atoms with Crippen LogP contribution in [0.1, 0.15) is 57.4 Å². The topological polar surface area (TPSA) is 132 Å². The number of hydrogen-bond donors (Lipinski definition) is 1. The SMILES string of the molecule is COc1ccnc(C(=O)NC2CCCC(OCC(C)C)C(Oc3ccc(F)cc3)C(C)OC2=O)c1OCOC(C)=O. The smallest absolute Gasteiger partial charge is 0.329 e. The van der Waals surface area contributed by atoms with E-state index in [1.165, 1.54) is 50.6 Å². The number of ether oxygens (including phenoxy) is 6. The molecule has 1 aliphatic rings. The summed E-state index contributed by atoms with van der Waals surface area (Å²) in [6.07, 6.45) is 0.750. The highest BCUT2D eigenvalue weighted by atomic mass is 19.1. The number of nitrogens with one attached hydrogen (secondary N) is 1. The van der Waals surface area contributed by atoms with Crippen LogP contribution < -0.4 is 19.5 Å². The molecule has 0 bridgehead atoms. The summed E-state index contributed by atoms with van der Waals surface area (Å²) < 4.78 is 47.1. The number of esters is 2. The van der Waals surface area contributed by atoms with Gasteiger partial charge in [-0.15, -0.1) is 0 Å². The second-order valence-electron chi connectivity index (χ2n) is 9.99. The Bertz CT molecular complexity index is 1180. The van der Waals surface area contributed by atoms with Gasteiger partial charge in [0.05, 0.1) is 13.2 Å². The van der Waals surface area contributed by atoms with Crippen molar-refractivity contribution >= 4 is 17.8 Å². The fourth-order valence-corrected chi connectivity index (χ4v) is 4.20. The van der Waals surface area contributed by atoms with E-state index < -0.39 is 54.8 Å². The number of carbonyl (C=O) groups is 3. The maximum absolute atomic E-state index is 13.5. The zero-order valence-corrected chi connectivity index (χ0v) is 23.9. The van der Waals surface area contributed by atoms with Gasteiger partial charge in [0.2, 0.25) is 6.79 Å². The first-order valence-corrected chi connectivity index (χ1v) is 13.4. The molecule has 1 fully saturated rings. The summed E-state index contributed by atoms with van der Waals surface area (Å²) in [6, 6.07) is 6.05. The van der Waals surface area contributed by atoms with Crippen molar-refractivity contribution in [2.24, 2.45) is 5.92 Å². The number of aromatic nitrogens is 1. The maximum Gasteiger partial charge on any atom is 0.329 e. The molecule has 1 aromatic carbocycles. The van der Waals surface area contributed by atoms with Crippen molar-refractivity contribution in [3.05, 3.63) is 48.0 Å². The molecule has 0 saturated carbocycles. The Hall–Kier alpha value is -3.93. The summed E-state index contributed by atoms with van der Waals surface area (Å²) in [5, 5.41) is 2.69. The third-order valence-corrected chi connectivity index (χ3v) is 6.20. The van der Waals surface area contributed by atoms with Crippen LogP contribution in [0.2, 0.25) is 0 Å². The summed E-state index contributed by atoms with van der Waals surface area (Å²) >= 11 is 0. The summed E-state index contributed by atoms with van der Waals surface area (Å²) in [4.78, 5) is 41.8. The molecular weight excluding hydrogens is 539 g/mol. The van der Waals surface area contributed by atoms with Gasteiger partial charge >= 0.3 is 11.9 Å². The molecule has 11 nitrogen and oxygen atoms in total. The van der Waals surface area contributed by atoms with Crippen LogP contribution in [0.25, 0.3) is 0 Å². The second-order valence-corrected chi connectivity index (χ2v) is 9.99. The number of amides is 1. The number of carbonyl (C=O) groups excluding carboxylic acids is 3. The minimum Gasteiger partial charge on any atom is -0.493 e. The fraction of sp³-hybridized carbons (Fsp3) is 0.517. The van der Waals surface area contributed by atoms with Crippen molar-refractivity contribution in [2.75, 3.05) is 20.5 Å². The summed E-state index contributed by atoms with van der Waals surface area (Å²) in [5.74, 6) is -1.53. The van der Waals surface area contributed by atoms with E-state index in [2.05, 4.69) is 10.3 Å². The Balaban J connectivity index is 1.79. The molecule has 41 heavy (non-hydrogen) atoms. The van der Waals surface area contributed by atoms with Crippen molar-refractivity contribution in [2.45, 2.75) is 71.3 Å². The molecule has 1 aromatic heterocycles. The van der Waals surface area contributed by atoms with Gasteiger partial charge < -0.3 is 33.7 Å². The highest BCUT2D eigenvalue weighted by Gasteiger charge is 2.37. The number of rotatable bonds is 11. The van der Waals surface area contributed by atoms with Crippen LogP contribution >= 0.6 is 0 Å². The van der Waals surface area contributed by atoms with Gasteiger partial charge in [-0.3, -0.25) is 9.59 Å². The number of nitrogens with zero attached hydrogens (tertiary/aromatic N) is 1. The molecular formula is C29H37FN2O9. The van der Waals surface area contributed by atoms with E-state index in [4.69, 9.17) is 28.4 Å². The highest BCUT2D eigenvalue weighted by molar-refractivity contribution is 5.98. The standard InChI is InChI=1S/C29H37FN2O9/c1-17(2)15-37-24-8-6-7-22(29(35)40-18(3)26(24)41-21-11-9-20(30)10-12-21)32-28(34)25-27(39-16-38-19(4)33)23(36-5)13-14-31-25/h9-14,17-18,22,24,26H,6-8,15-16H2,1-5H3,(H,32,34). The average molecular weight is 577 g/mol. The molecule has 4 atom stereocenters. The van der Waals surface area contributed by atoms with Crippen LogP contribution in [0.3, 0.4) is 0 Å². The van der Waals surface area contributed by atoms with Crippen molar-refractivity contribution < 1.29 is 47.2 Å². The summed E-state index contributed by atoms with van der Waals surface area (Å²) in [6.45, 7) is 6.95. The maximum atomic E-state index is 13.5. The van der Waals surface area contributed by atoms with Crippen LogP contribution in [-0.4, -0.2) is 67.7 Å². The average Bonchev–Trinajstić information content (AvgIpc) is 2.97. The first kappa shape index (κ1) is 31.6. The lowest BCUT2D eigenvalue weighted by Crippen LogP contribution is -2.47. The van der Waals surface area contributed by atoms with E-state index in [-0.39, 0.29) is 29.5 Å². The molecule has 12 heteroatoms. The van der Waals surface area contributed by atoms with Gasteiger partial charge in [0.15, 0.2) is 23.3 Å². The number of methoxy groups -OCH3 is 1. The van der Waals surface area contributed by atoms with E-state index in [9.17, 15) is 18.8 Å². The lowest BCUT2D eigenvalue weighted by molar-refractivity contribution is -0.159. The molecule has 224 valence electrons. The quantitative estimate of drug-likeness (QED) is 0.311. The number of halogens is 1. The monoisotopic (exact) mass is 576 g/mol. The molecule has 1 saturated heterocycles. The molecule has 1 N–H and O–H groups in total. The zero-order valence-electron chi connectivity index (χ0n) is 23.9. The van der Waals surface area contributed by atoms with Crippen molar-refractivity contribution in [1.82, 2.24) is 10.3 Å². The van der Waals surface area contributed by atoms with Crippen molar-refractivity contribution in [1.29, 1.82) is 0 Å². The van der Waals surface area contributed by atoms with Crippen molar-refractivity contribution in [3.63, 3.8) is 0 Å². The summed E-state index contributed by atoms with van der Waals surface area (Å²) in [5.41, 5.74) is -0.159. The van der Waals surface area contributed by atoms with E-state index in [0.717, 1.165) is 0 Å². The molecule has 1 aliphatic heterocycles. The zero-order chi connectivity index (χ0) is 29.9. The Morgan fingerprint density at radius 3 is 2.56 bits per heavy atom. The predicted molar refractivity (Wildman–Crippen MR) is 144 cm³/mol. The van der Waals surface area contributed by atoms with Gasteiger partial charge in [0.25, 0.3) is 5.91 Å². The lowest BCUT2D eigenvalue weighted by atomic mass is 10.0. The highest BCUT2D eigenvalue weighted by Crippen LogP contribution is 2.30. The Kier molecular flexibility index (Phi) is 11.7. The third-order valence-electron chi connectivity index (χ3n) is 6.20. The van der Waals surface area contributed by atoms with Gasteiger partial charge in [0, 0.05) is 25.8 Å². The van der Waals surface area contributed by atoms with Gasteiger partial charge in [-0.05, 0) is 56.4 Å². The molecule has 4 unspecified atom stereocenters. The number of hydrogen-bond acceptors (Lipinski definition) is 10. The third kappa shape index (κ3) is 9.31. The Morgan fingerprint density at radius 1 is 1.17 bits per heavy atom. The van der Waals surface area contributed by atoms with Crippen LogP contribution in [-0.2, 0) is 23.8 Å². The van der Waals surface area contributed by atoms with Gasteiger partial charge in [0.1, 0.15) is 23.7 Å². The largest absolute Gasteiger partial charge is 0.493 e. The van der Waals surface area contributed by atoms with Gasteiger partial charge in [-0.1, -0.05) is 13.8 Å². The van der Waals surface area contributed by atoms with E-state index >= 15 is 0 Å². The second kappa shape index (κ2) is 15.2. The van der Waals surface area contributed by atoms with Crippen LogP contribution in [0.4, 0.5) is 4.39 Å². The molecule has 3 rings (SSSR count). The number of pyridine rings is 1. The minimum atomic E-state index is -1.01. The molecule has 1 amide bonds. The van der Waals surface area contributed by atoms with Crippen LogP contribution in [0.5, 0.6) is 17.2 Å². The number of cyclic esters (lactones) is 1. The van der Waals surface area contributed by atoms with Gasteiger partial charge in [-0.2, -0.15) is 0 Å². The minimum absolute atomic E-state index is 0.0477. The first-order valence-electron chi connectivity index (χ1n) is 13.4. The van der Waals surface area contributed by atoms with Gasteiger partial charge in [-0.25, -0.2) is 14.2 Å². The first-order chi connectivity index (χ1) is 19.6. The molecule has 0 aliphatic carbocycles. The van der Waals surface area contributed by atoms with E-state index in [1.807, 2.05) is 13.8 Å². The van der Waals surface area contributed by atoms with Crippen LogP contribution in [0, 0.1) is 11.7 Å². The Morgan fingerprint density at radius 2 is 1.90 bits per heavy atom. The summed E-state index contributed by atoms with van der Waals surface area (Å²) in [7, 11) is 1.38. The molecule has 2 aromatic rings. The Labute approximate surface area is 238 Å². The number of benzene rings is 1. The molecule has 0 radical (unpaired) electrons.